The maximum atomic E-state index is 12.2. The van der Waals surface area contributed by atoms with Crippen LogP contribution in [0.2, 0.25) is 0 Å². The summed E-state index contributed by atoms with van der Waals surface area (Å²) in [6.45, 7) is 3.95. The van der Waals surface area contributed by atoms with Crippen molar-refractivity contribution in [3.8, 4) is 0 Å². The van der Waals surface area contributed by atoms with Gasteiger partial charge in [0.2, 0.25) is 5.91 Å². The zero-order valence-electron chi connectivity index (χ0n) is 13.8. The fraction of sp³-hybridized carbons (Fsp3) is 0.235. The van der Waals surface area contributed by atoms with E-state index in [2.05, 4.69) is 25.5 Å². The molecule has 124 valence electrons. The summed E-state index contributed by atoms with van der Waals surface area (Å²) in [5.74, 6) is 0.428. The van der Waals surface area contributed by atoms with Crippen molar-refractivity contribution in [2.45, 2.75) is 26.2 Å². The quantitative estimate of drug-likeness (QED) is 0.574. The Kier molecular flexibility index (Phi) is 2.74. The molecule has 1 N–H and O–H groups in total. The molecular formula is C17H15N7O. The van der Waals surface area contributed by atoms with Crippen molar-refractivity contribution in [1.29, 1.82) is 0 Å². The van der Waals surface area contributed by atoms with Crippen molar-refractivity contribution in [3.05, 3.63) is 53.2 Å². The fourth-order valence-corrected chi connectivity index (χ4v) is 3.55. The van der Waals surface area contributed by atoms with E-state index in [4.69, 9.17) is 0 Å². The number of hydrogen-bond acceptors (Lipinski definition) is 5. The van der Waals surface area contributed by atoms with Gasteiger partial charge < -0.3 is 5.32 Å². The number of amides is 1. The second kappa shape index (κ2) is 4.85. The molecule has 25 heavy (non-hydrogen) atoms. The normalized spacial score (nSPS) is 17.0. The van der Waals surface area contributed by atoms with E-state index in [0.717, 1.165) is 33.8 Å². The summed E-state index contributed by atoms with van der Waals surface area (Å²) in [5, 5.41) is 11.6. The Hall–Kier alpha value is -3.29. The number of aryl methyl sites for hydroxylation is 2. The lowest BCUT2D eigenvalue weighted by Crippen LogP contribution is -2.23. The lowest BCUT2D eigenvalue weighted by molar-refractivity contribution is -0.116. The molecule has 4 aromatic heterocycles. The Morgan fingerprint density at radius 2 is 2.16 bits per heavy atom. The molecule has 0 radical (unpaired) electrons. The Bertz CT molecular complexity index is 1160. The van der Waals surface area contributed by atoms with E-state index >= 15 is 0 Å². The van der Waals surface area contributed by atoms with Crippen molar-refractivity contribution >= 4 is 23.0 Å². The number of pyridine rings is 1. The van der Waals surface area contributed by atoms with Crippen LogP contribution >= 0.6 is 0 Å². The molecule has 5 heterocycles. The zero-order chi connectivity index (χ0) is 17.1. The van der Waals surface area contributed by atoms with Crippen LogP contribution in [0.15, 0.2) is 30.7 Å². The summed E-state index contributed by atoms with van der Waals surface area (Å²) < 4.78 is 3.50. The van der Waals surface area contributed by atoms with Gasteiger partial charge in [-0.25, -0.2) is 19.0 Å². The van der Waals surface area contributed by atoms with Crippen LogP contribution in [0.25, 0.3) is 11.3 Å². The summed E-state index contributed by atoms with van der Waals surface area (Å²) in [6.07, 6.45) is 3.73. The van der Waals surface area contributed by atoms with Gasteiger partial charge in [0.15, 0.2) is 17.1 Å². The van der Waals surface area contributed by atoms with E-state index in [1.54, 1.807) is 9.03 Å². The molecule has 0 spiro atoms. The molecule has 8 nitrogen and oxygen atoms in total. The molecule has 0 saturated carbocycles. The smallest absolute Gasteiger partial charge is 0.226 e. The Morgan fingerprint density at radius 3 is 3.04 bits per heavy atom. The number of aromatic nitrogens is 6. The van der Waals surface area contributed by atoms with Crippen LogP contribution in [0.1, 0.15) is 34.9 Å². The molecule has 0 aliphatic carbocycles. The molecule has 1 amide bonds. The molecule has 8 heteroatoms. The van der Waals surface area contributed by atoms with Crippen LogP contribution in [0.4, 0.5) is 5.82 Å². The maximum Gasteiger partial charge on any atom is 0.226 e. The van der Waals surface area contributed by atoms with Gasteiger partial charge >= 0.3 is 0 Å². The van der Waals surface area contributed by atoms with Gasteiger partial charge in [-0.1, -0.05) is 0 Å². The molecule has 1 unspecified atom stereocenters. The van der Waals surface area contributed by atoms with Gasteiger partial charge in [-0.3, -0.25) is 4.79 Å². The van der Waals surface area contributed by atoms with E-state index in [-0.39, 0.29) is 11.8 Å². The molecule has 0 bridgehead atoms. The van der Waals surface area contributed by atoms with Crippen LogP contribution in [0, 0.1) is 13.8 Å². The molecule has 1 aliphatic heterocycles. The number of nitrogens with one attached hydrogen (secondary N) is 1. The Balaban J connectivity index is 1.78. The summed E-state index contributed by atoms with van der Waals surface area (Å²) in [7, 11) is 0. The largest absolute Gasteiger partial charge is 0.309 e. The van der Waals surface area contributed by atoms with Crippen molar-refractivity contribution in [2.75, 3.05) is 5.32 Å². The number of anilines is 1. The van der Waals surface area contributed by atoms with Crippen LogP contribution in [-0.4, -0.2) is 35.1 Å². The second-order valence-corrected chi connectivity index (χ2v) is 6.36. The molecule has 0 fully saturated rings. The van der Waals surface area contributed by atoms with Crippen LogP contribution in [-0.2, 0) is 4.79 Å². The number of carbonyl (C=O) groups excluding carboxylic acids is 1. The molecule has 0 saturated heterocycles. The number of fused-ring (bicyclic) bond motifs is 4. The molecule has 1 aliphatic rings. The third-order valence-electron chi connectivity index (χ3n) is 4.63. The van der Waals surface area contributed by atoms with Gasteiger partial charge in [0.05, 0.1) is 0 Å². The zero-order valence-corrected chi connectivity index (χ0v) is 13.8. The minimum Gasteiger partial charge on any atom is -0.309 e. The lowest BCUT2D eigenvalue weighted by atomic mass is 9.87. The van der Waals surface area contributed by atoms with Crippen LogP contribution < -0.4 is 5.32 Å². The average molecular weight is 333 g/mol. The van der Waals surface area contributed by atoms with Gasteiger partial charge in [0.25, 0.3) is 0 Å². The van der Waals surface area contributed by atoms with Crippen LogP contribution in [0.5, 0.6) is 0 Å². The van der Waals surface area contributed by atoms with Crippen molar-refractivity contribution in [1.82, 2.24) is 29.2 Å². The number of hydrogen-bond donors (Lipinski definition) is 1. The Morgan fingerprint density at radius 1 is 1.28 bits per heavy atom. The average Bonchev–Trinajstić information content (AvgIpc) is 3.17. The van der Waals surface area contributed by atoms with Crippen LogP contribution in [0.3, 0.4) is 0 Å². The first-order valence-corrected chi connectivity index (χ1v) is 8.06. The minimum atomic E-state index is -0.114. The molecule has 1 atom stereocenters. The predicted molar refractivity (Wildman–Crippen MR) is 90.5 cm³/mol. The highest BCUT2D eigenvalue weighted by Crippen LogP contribution is 2.39. The standard InChI is InChI=1S/C17H15N7O/c1-9-5-10(2)24-17(20-9)15-12(7-14(25)21-16(15)22-24)11-3-4-23-13(6-11)18-8-19-23/h3-6,8,12H,7H2,1-2H3,(H,21,22,25). The van der Waals surface area contributed by atoms with Gasteiger partial charge in [-0.15, -0.1) is 5.10 Å². The van der Waals surface area contributed by atoms with Crippen molar-refractivity contribution < 1.29 is 4.79 Å². The number of carbonyl (C=O) groups is 1. The maximum absolute atomic E-state index is 12.2. The highest BCUT2D eigenvalue weighted by molar-refractivity contribution is 5.96. The molecular weight excluding hydrogens is 318 g/mol. The second-order valence-electron chi connectivity index (χ2n) is 6.36. The monoisotopic (exact) mass is 333 g/mol. The van der Waals surface area contributed by atoms with Crippen molar-refractivity contribution in [3.63, 3.8) is 0 Å². The minimum absolute atomic E-state index is 0.0448. The summed E-state index contributed by atoms with van der Waals surface area (Å²) in [5.41, 5.74) is 5.41. The van der Waals surface area contributed by atoms with E-state index in [0.29, 0.717) is 12.2 Å². The van der Waals surface area contributed by atoms with Gasteiger partial charge in [0, 0.05) is 35.5 Å². The number of nitrogens with zero attached hydrogens (tertiary/aromatic N) is 6. The SMILES string of the molecule is Cc1cc(C)n2nc3c(c2n1)C(c1ccn2ncnc2c1)CC(=O)N3. The van der Waals surface area contributed by atoms with E-state index in [1.807, 2.05) is 38.2 Å². The lowest BCUT2D eigenvalue weighted by Gasteiger charge is -2.22. The first kappa shape index (κ1) is 14.1. The molecule has 0 aromatic carbocycles. The van der Waals surface area contributed by atoms with E-state index in [1.165, 1.54) is 6.33 Å². The molecule has 4 aromatic rings. The van der Waals surface area contributed by atoms with Gasteiger partial charge in [-0.05, 0) is 37.6 Å². The van der Waals surface area contributed by atoms with E-state index in [9.17, 15) is 4.79 Å². The van der Waals surface area contributed by atoms with Gasteiger partial charge in [0.1, 0.15) is 6.33 Å². The Labute approximate surface area is 142 Å². The van der Waals surface area contributed by atoms with Crippen molar-refractivity contribution in [2.24, 2.45) is 0 Å². The highest BCUT2D eigenvalue weighted by atomic mass is 16.1. The highest BCUT2D eigenvalue weighted by Gasteiger charge is 2.32. The summed E-state index contributed by atoms with van der Waals surface area (Å²) in [4.78, 5) is 21.2. The molecule has 5 rings (SSSR count). The third-order valence-corrected chi connectivity index (χ3v) is 4.63. The predicted octanol–water partition coefficient (Wildman–Crippen LogP) is 1.86. The summed E-state index contributed by atoms with van der Waals surface area (Å²) in [6, 6.07) is 5.91. The van der Waals surface area contributed by atoms with Gasteiger partial charge in [-0.2, -0.15) is 5.10 Å². The third kappa shape index (κ3) is 2.03. The first-order chi connectivity index (χ1) is 12.1. The topological polar surface area (TPSA) is 89.5 Å². The number of rotatable bonds is 1. The van der Waals surface area contributed by atoms with E-state index < -0.39 is 0 Å². The summed E-state index contributed by atoms with van der Waals surface area (Å²) >= 11 is 0. The first-order valence-electron chi connectivity index (χ1n) is 8.06. The fourth-order valence-electron chi connectivity index (χ4n) is 3.55.